The van der Waals surface area contributed by atoms with Crippen LogP contribution < -0.4 is 10.1 Å². The Bertz CT molecular complexity index is 462. The van der Waals surface area contributed by atoms with Crippen LogP contribution in [-0.2, 0) is 4.79 Å². The minimum absolute atomic E-state index is 0.265. The van der Waals surface area contributed by atoms with Gasteiger partial charge in [-0.3, -0.25) is 9.69 Å². The molecule has 0 unspecified atom stereocenters. The van der Waals surface area contributed by atoms with E-state index in [1.165, 1.54) is 25.3 Å². The van der Waals surface area contributed by atoms with Crippen molar-refractivity contribution in [3.8, 4) is 5.75 Å². The van der Waals surface area contributed by atoms with E-state index in [2.05, 4.69) is 22.3 Å². The first-order valence-corrected chi connectivity index (χ1v) is 7.47. The van der Waals surface area contributed by atoms with Crippen molar-refractivity contribution in [3.05, 3.63) is 29.8 Å². The van der Waals surface area contributed by atoms with Crippen molar-refractivity contribution < 1.29 is 9.53 Å². The summed E-state index contributed by atoms with van der Waals surface area (Å²) < 4.78 is 5.11. The van der Waals surface area contributed by atoms with Crippen LogP contribution >= 0.6 is 0 Å². The van der Waals surface area contributed by atoms with Gasteiger partial charge < -0.3 is 10.1 Å². The Morgan fingerprint density at radius 3 is 2.45 bits per heavy atom. The molecule has 1 aliphatic heterocycles. The summed E-state index contributed by atoms with van der Waals surface area (Å²) in [5.74, 6) is 1.17. The number of nitrogens with one attached hydrogen (secondary N) is 1. The summed E-state index contributed by atoms with van der Waals surface area (Å²) in [6.45, 7) is 5.82. The zero-order valence-electron chi connectivity index (χ0n) is 12.0. The number of carbonyl (C=O) groups is 1. The molecule has 3 rings (SSSR count). The van der Waals surface area contributed by atoms with Gasteiger partial charge in [-0.1, -0.05) is 12.1 Å². The third-order valence-corrected chi connectivity index (χ3v) is 4.10. The number of ether oxygens (including phenoxy) is 1. The molecule has 1 atom stereocenters. The molecule has 0 bridgehead atoms. The van der Waals surface area contributed by atoms with E-state index in [0.717, 1.165) is 32.1 Å². The van der Waals surface area contributed by atoms with Crippen molar-refractivity contribution in [1.29, 1.82) is 0 Å². The van der Waals surface area contributed by atoms with Crippen molar-refractivity contribution in [2.75, 3.05) is 26.2 Å². The topological polar surface area (TPSA) is 41.6 Å². The average molecular weight is 274 g/mol. The smallest absolute Gasteiger partial charge is 0.308 e. The van der Waals surface area contributed by atoms with Gasteiger partial charge in [-0.25, -0.2) is 0 Å². The second kappa shape index (κ2) is 5.94. The Labute approximate surface area is 120 Å². The van der Waals surface area contributed by atoms with Crippen LogP contribution in [0.3, 0.4) is 0 Å². The van der Waals surface area contributed by atoms with E-state index < -0.39 is 0 Å². The largest absolute Gasteiger partial charge is 0.427 e. The standard InChI is InChI=1S/C16H22N2O2/c1-12(19)20-15-6-4-14(5-7-15)16(13-2-3-13)18-10-8-17-9-11-18/h4-7,13,16-17H,2-3,8-11H2,1H3/t16-/m0/s1. The molecule has 1 heterocycles. The quantitative estimate of drug-likeness (QED) is 0.673. The second-order valence-electron chi connectivity index (χ2n) is 5.73. The Balaban J connectivity index is 1.75. The third kappa shape index (κ3) is 3.19. The van der Waals surface area contributed by atoms with Crippen molar-refractivity contribution in [3.63, 3.8) is 0 Å². The third-order valence-electron chi connectivity index (χ3n) is 4.10. The van der Waals surface area contributed by atoms with E-state index in [0.29, 0.717) is 11.8 Å². The van der Waals surface area contributed by atoms with Crippen molar-refractivity contribution in [2.24, 2.45) is 5.92 Å². The fraction of sp³-hybridized carbons (Fsp3) is 0.562. The van der Waals surface area contributed by atoms with E-state index >= 15 is 0 Å². The van der Waals surface area contributed by atoms with Gasteiger partial charge in [-0.2, -0.15) is 0 Å². The Hall–Kier alpha value is -1.39. The molecule has 2 aliphatic rings. The SMILES string of the molecule is CC(=O)Oc1ccc([C@H](C2CC2)N2CCNCC2)cc1. The minimum Gasteiger partial charge on any atom is -0.427 e. The number of benzene rings is 1. The fourth-order valence-corrected chi connectivity index (χ4v) is 3.05. The van der Waals surface area contributed by atoms with Crippen molar-refractivity contribution in [2.45, 2.75) is 25.8 Å². The lowest BCUT2D eigenvalue weighted by Crippen LogP contribution is -2.45. The number of esters is 1. The van der Waals surface area contributed by atoms with Crippen LogP contribution in [0, 0.1) is 5.92 Å². The van der Waals surface area contributed by atoms with Gasteiger partial charge >= 0.3 is 5.97 Å². The number of nitrogens with zero attached hydrogens (tertiary/aromatic N) is 1. The molecular weight excluding hydrogens is 252 g/mol. The number of carbonyl (C=O) groups excluding carboxylic acids is 1. The van der Waals surface area contributed by atoms with Crippen LogP contribution in [0.5, 0.6) is 5.75 Å². The lowest BCUT2D eigenvalue weighted by Gasteiger charge is -2.35. The van der Waals surface area contributed by atoms with E-state index in [9.17, 15) is 4.79 Å². The molecule has 0 amide bonds. The van der Waals surface area contributed by atoms with Crippen LogP contribution in [-0.4, -0.2) is 37.0 Å². The highest BCUT2D eigenvalue weighted by Gasteiger charge is 2.36. The van der Waals surface area contributed by atoms with Gasteiger partial charge in [0.2, 0.25) is 0 Å². The summed E-state index contributed by atoms with van der Waals surface area (Å²) in [5, 5.41) is 3.41. The Morgan fingerprint density at radius 1 is 1.25 bits per heavy atom. The maximum atomic E-state index is 11.0. The van der Waals surface area contributed by atoms with Gasteiger partial charge in [0.05, 0.1) is 0 Å². The van der Waals surface area contributed by atoms with Crippen LogP contribution in [0.25, 0.3) is 0 Å². The molecule has 4 heteroatoms. The zero-order valence-corrected chi connectivity index (χ0v) is 12.0. The lowest BCUT2D eigenvalue weighted by molar-refractivity contribution is -0.131. The van der Waals surface area contributed by atoms with Crippen molar-refractivity contribution >= 4 is 5.97 Å². The molecule has 4 nitrogen and oxygen atoms in total. The molecule has 1 saturated heterocycles. The van der Waals surface area contributed by atoms with Gasteiger partial charge in [0.15, 0.2) is 0 Å². The highest BCUT2D eigenvalue weighted by atomic mass is 16.5. The van der Waals surface area contributed by atoms with E-state index in [1.54, 1.807) is 0 Å². The highest BCUT2D eigenvalue weighted by molar-refractivity contribution is 5.69. The first-order valence-electron chi connectivity index (χ1n) is 7.47. The number of hydrogen-bond donors (Lipinski definition) is 1. The Kier molecular flexibility index (Phi) is 4.03. The van der Waals surface area contributed by atoms with Gasteiger partial charge in [-0.15, -0.1) is 0 Å². The zero-order chi connectivity index (χ0) is 13.9. The van der Waals surface area contributed by atoms with Crippen molar-refractivity contribution in [1.82, 2.24) is 10.2 Å². The fourth-order valence-electron chi connectivity index (χ4n) is 3.05. The molecule has 0 spiro atoms. The second-order valence-corrected chi connectivity index (χ2v) is 5.73. The maximum Gasteiger partial charge on any atom is 0.308 e. The van der Waals surface area contributed by atoms with Gasteiger partial charge in [0.25, 0.3) is 0 Å². The predicted molar refractivity (Wildman–Crippen MR) is 77.7 cm³/mol. The Morgan fingerprint density at radius 2 is 1.90 bits per heavy atom. The summed E-state index contributed by atoms with van der Waals surface area (Å²) >= 11 is 0. The predicted octanol–water partition coefficient (Wildman–Crippen LogP) is 1.97. The summed E-state index contributed by atoms with van der Waals surface area (Å²) in [7, 11) is 0. The van der Waals surface area contributed by atoms with E-state index in [-0.39, 0.29) is 5.97 Å². The first-order chi connectivity index (χ1) is 9.74. The molecule has 2 fully saturated rings. The number of piperazine rings is 1. The molecule has 1 aromatic carbocycles. The van der Waals surface area contributed by atoms with Crippen LogP contribution in [0.2, 0.25) is 0 Å². The van der Waals surface area contributed by atoms with Crippen LogP contribution in [0.15, 0.2) is 24.3 Å². The average Bonchev–Trinajstić information content (AvgIpc) is 3.26. The lowest BCUT2D eigenvalue weighted by atomic mass is 9.99. The summed E-state index contributed by atoms with van der Waals surface area (Å²) in [5.41, 5.74) is 1.35. The summed E-state index contributed by atoms with van der Waals surface area (Å²) in [6.07, 6.45) is 2.67. The summed E-state index contributed by atoms with van der Waals surface area (Å²) in [4.78, 5) is 13.6. The maximum absolute atomic E-state index is 11.0. The molecule has 1 N–H and O–H groups in total. The van der Waals surface area contributed by atoms with Gasteiger partial charge in [-0.05, 0) is 36.5 Å². The highest BCUT2D eigenvalue weighted by Crippen LogP contribution is 2.44. The molecule has 1 saturated carbocycles. The molecule has 1 aromatic rings. The minimum atomic E-state index is -0.265. The number of hydrogen-bond acceptors (Lipinski definition) is 4. The van der Waals surface area contributed by atoms with Gasteiger partial charge in [0.1, 0.15) is 5.75 Å². The van der Waals surface area contributed by atoms with E-state index in [1.807, 2.05) is 12.1 Å². The first kappa shape index (κ1) is 13.6. The number of rotatable bonds is 4. The van der Waals surface area contributed by atoms with Gasteiger partial charge in [0, 0.05) is 39.1 Å². The van der Waals surface area contributed by atoms with Crippen LogP contribution in [0.1, 0.15) is 31.4 Å². The monoisotopic (exact) mass is 274 g/mol. The molecule has 0 aromatic heterocycles. The normalized spacial score (nSPS) is 21.4. The molecule has 20 heavy (non-hydrogen) atoms. The van der Waals surface area contributed by atoms with Crippen LogP contribution in [0.4, 0.5) is 0 Å². The summed E-state index contributed by atoms with van der Waals surface area (Å²) in [6, 6.07) is 8.58. The molecule has 1 aliphatic carbocycles. The molecule has 0 radical (unpaired) electrons. The molecular formula is C16H22N2O2. The van der Waals surface area contributed by atoms with E-state index in [4.69, 9.17) is 4.74 Å². The molecule has 108 valence electrons.